The number of rotatable bonds is 2. The van der Waals surface area contributed by atoms with Crippen LogP contribution >= 0.6 is 0 Å². The van der Waals surface area contributed by atoms with Gasteiger partial charge in [-0.1, -0.05) is 12.7 Å². The Hall–Kier alpha value is -2.29. The van der Waals surface area contributed by atoms with Crippen LogP contribution in [0.1, 0.15) is 48.4 Å². The molecule has 9 heteroatoms. The predicted molar refractivity (Wildman–Crippen MR) is 94.9 cm³/mol. The van der Waals surface area contributed by atoms with E-state index in [2.05, 4.69) is 11.6 Å². The molecule has 0 spiro atoms. The van der Waals surface area contributed by atoms with Crippen molar-refractivity contribution >= 4 is 17.2 Å². The zero-order chi connectivity index (χ0) is 20.9. The smallest absolute Gasteiger partial charge is 0.329 e. The Morgan fingerprint density at radius 2 is 1.82 bits per heavy atom. The quantitative estimate of drug-likeness (QED) is 0.643. The van der Waals surface area contributed by atoms with Crippen molar-refractivity contribution in [1.82, 2.24) is 4.90 Å². The van der Waals surface area contributed by atoms with Gasteiger partial charge in [0.1, 0.15) is 11.9 Å². The average Bonchev–Trinajstić information content (AvgIpc) is 2.62. The third kappa shape index (κ3) is 3.67. The molecule has 0 bridgehead atoms. The van der Waals surface area contributed by atoms with E-state index in [-0.39, 0.29) is 16.9 Å². The molecule has 1 aliphatic carbocycles. The molecule has 0 saturated carbocycles. The van der Waals surface area contributed by atoms with Gasteiger partial charge >= 0.3 is 12.4 Å². The standard InChI is InChI=1S/C19H19F6N3/c1-10-13-8-12(18(20,21)22)9-14(16(26)19(23,24)25)15(13)27-17(28(10)2)11-6-4-3-5-7-11/h6,8-9,16H,1,3-5,7,26H2,2H3/t16-/m0/s1. The highest BCUT2D eigenvalue weighted by Gasteiger charge is 2.43. The SMILES string of the molecule is C=C1c2cc(C(F)(F)F)cc([C@H](N)C(F)(F)F)c2N=C(C2=CCCCC2)N1C. The third-order valence-electron chi connectivity index (χ3n) is 4.98. The van der Waals surface area contributed by atoms with Gasteiger partial charge in [0.2, 0.25) is 0 Å². The van der Waals surface area contributed by atoms with E-state index >= 15 is 0 Å². The van der Waals surface area contributed by atoms with E-state index in [9.17, 15) is 26.3 Å². The fourth-order valence-electron chi connectivity index (χ4n) is 3.40. The van der Waals surface area contributed by atoms with Gasteiger partial charge in [-0.2, -0.15) is 26.3 Å². The molecule has 28 heavy (non-hydrogen) atoms. The van der Waals surface area contributed by atoms with E-state index in [0.717, 1.165) is 30.9 Å². The van der Waals surface area contributed by atoms with E-state index in [4.69, 9.17) is 5.73 Å². The average molecular weight is 403 g/mol. The molecule has 0 fully saturated rings. The van der Waals surface area contributed by atoms with Gasteiger partial charge < -0.3 is 10.6 Å². The number of fused-ring (bicyclic) bond motifs is 1. The zero-order valence-corrected chi connectivity index (χ0v) is 15.1. The Balaban J connectivity index is 2.26. The Morgan fingerprint density at radius 1 is 1.14 bits per heavy atom. The van der Waals surface area contributed by atoms with Gasteiger partial charge in [-0.15, -0.1) is 0 Å². The summed E-state index contributed by atoms with van der Waals surface area (Å²) in [6.45, 7) is 3.80. The van der Waals surface area contributed by atoms with E-state index in [1.807, 2.05) is 6.08 Å². The van der Waals surface area contributed by atoms with Crippen molar-refractivity contribution in [3.8, 4) is 0 Å². The van der Waals surface area contributed by atoms with Gasteiger partial charge in [0.05, 0.1) is 11.3 Å². The molecule has 2 N–H and O–H groups in total. The fraction of sp³-hybridized carbons (Fsp3) is 0.421. The molecule has 1 aromatic carbocycles. The Labute approximate surface area is 158 Å². The summed E-state index contributed by atoms with van der Waals surface area (Å²) in [6.07, 6.45) is -4.40. The van der Waals surface area contributed by atoms with Crippen LogP contribution in [0.4, 0.5) is 32.0 Å². The summed E-state index contributed by atoms with van der Waals surface area (Å²) in [5.41, 5.74) is 4.04. The van der Waals surface area contributed by atoms with E-state index in [1.165, 1.54) is 4.90 Å². The van der Waals surface area contributed by atoms with Crippen LogP contribution in [0.3, 0.4) is 0 Å². The second-order valence-corrected chi connectivity index (χ2v) is 6.89. The van der Waals surface area contributed by atoms with Crippen LogP contribution in [-0.4, -0.2) is 24.0 Å². The second kappa shape index (κ2) is 6.95. The molecule has 0 saturated heterocycles. The highest BCUT2D eigenvalue weighted by Crippen LogP contribution is 2.46. The molecule has 1 aromatic rings. The molecular formula is C19H19F6N3. The lowest BCUT2D eigenvalue weighted by Crippen LogP contribution is -2.32. The molecule has 0 radical (unpaired) electrons. The molecule has 1 heterocycles. The van der Waals surface area contributed by atoms with Crippen LogP contribution in [0, 0.1) is 0 Å². The summed E-state index contributed by atoms with van der Waals surface area (Å²) >= 11 is 0. The summed E-state index contributed by atoms with van der Waals surface area (Å²) in [6, 6.07) is -1.38. The minimum Gasteiger partial charge on any atom is -0.329 e. The summed E-state index contributed by atoms with van der Waals surface area (Å²) in [4.78, 5) is 5.84. The minimum atomic E-state index is -4.91. The Bertz CT molecular complexity index is 864. The molecule has 152 valence electrons. The Morgan fingerprint density at radius 3 is 2.36 bits per heavy atom. The predicted octanol–water partition coefficient (Wildman–Crippen LogP) is 5.71. The number of hydrogen-bond donors (Lipinski definition) is 1. The van der Waals surface area contributed by atoms with Crippen molar-refractivity contribution in [3.05, 3.63) is 47.1 Å². The van der Waals surface area contributed by atoms with Crippen LogP contribution in [-0.2, 0) is 6.18 Å². The van der Waals surface area contributed by atoms with Gasteiger partial charge in [0, 0.05) is 23.9 Å². The maximum atomic E-state index is 13.3. The minimum absolute atomic E-state index is 0.104. The second-order valence-electron chi connectivity index (χ2n) is 6.89. The molecule has 0 aromatic heterocycles. The fourth-order valence-corrected chi connectivity index (χ4v) is 3.40. The summed E-state index contributed by atoms with van der Waals surface area (Å²) in [7, 11) is 1.59. The number of nitrogens with two attached hydrogens (primary N) is 1. The molecule has 0 amide bonds. The van der Waals surface area contributed by atoms with E-state index in [1.54, 1.807) is 7.05 Å². The molecule has 0 unspecified atom stereocenters. The van der Waals surface area contributed by atoms with Crippen molar-refractivity contribution in [2.75, 3.05) is 7.05 Å². The number of hydrogen-bond acceptors (Lipinski definition) is 3. The number of halogens is 6. The van der Waals surface area contributed by atoms with Gasteiger partial charge in [0.15, 0.2) is 0 Å². The molecule has 1 aliphatic heterocycles. The van der Waals surface area contributed by atoms with E-state index in [0.29, 0.717) is 18.3 Å². The maximum Gasteiger partial charge on any atom is 0.416 e. The van der Waals surface area contributed by atoms with Crippen molar-refractivity contribution in [3.63, 3.8) is 0 Å². The number of amidine groups is 1. The van der Waals surface area contributed by atoms with Gasteiger partial charge in [-0.3, -0.25) is 0 Å². The molecule has 3 nitrogen and oxygen atoms in total. The molecule has 3 rings (SSSR count). The maximum absolute atomic E-state index is 13.3. The van der Waals surface area contributed by atoms with Crippen LogP contribution in [0.5, 0.6) is 0 Å². The molecular weight excluding hydrogens is 384 g/mol. The number of aliphatic imine (C=N–C) groups is 1. The lowest BCUT2D eigenvalue weighted by atomic mass is 9.92. The van der Waals surface area contributed by atoms with Gasteiger partial charge in [-0.05, 0) is 43.4 Å². The number of benzene rings is 1. The topological polar surface area (TPSA) is 41.6 Å². The zero-order valence-electron chi connectivity index (χ0n) is 15.1. The Kier molecular flexibility index (Phi) is 5.07. The van der Waals surface area contributed by atoms with Gasteiger partial charge in [0.25, 0.3) is 0 Å². The first-order valence-electron chi connectivity index (χ1n) is 8.69. The summed E-state index contributed by atoms with van der Waals surface area (Å²) in [5.74, 6) is 0.396. The molecule has 1 atom stereocenters. The van der Waals surface area contributed by atoms with Crippen LogP contribution in [0.2, 0.25) is 0 Å². The monoisotopic (exact) mass is 403 g/mol. The molecule has 2 aliphatic rings. The number of allylic oxidation sites excluding steroid dienone is 1. The highest BCUT2D eigenvalue weighted by atomic mass is 19.4. The normalized spacial score (nSPS) is 19.1. The van der Waals surface area contributed by atoms with Crippen LogP contribution in [0.25, 0.3) is 5.70 Å². The first-order chi connectivity index (χ1) is 12.9. The number of alkyl halides is 6. The highest BCUT2D eigenvalue weighted by molar-refractivity contribution is 6.07. The lowest BCUT2D eigenvalue weighted by Gasteiger charge is -2.33. The van der Waals surface area contributed by atoms with Crippen LogP contribution < -0.4 is 5.73 Å². The van der Waals surface area contributed by atoms with Crippen LogP contribution in [0.15, 0.2) is 35.4 Å². The van der Waals surface area contributed by atoms with Crippen molar-refractivity contribution in [2.45, 2.75) is 44.1 Å². The number of nitrogens with zero attached hydrogens (tertiary/aromatic N) is 2. The van der Waals surface area contributed by atoms with Crippen molar-refractivity contribution in [2.24, 2.45) is 10.7 Å². The first-order valence-corrected chi connectivity index (χ1v) is 8.69. The van der Waals surface area contributed by atoms with Crippen molar-refractivity contribution in [1.29, 1.82) is 0 Å². The van der Waals surface area contributed by atoms with Crippen molar-refractivity contribution < 1.29 is 26.3 Å². The summed E-state index contributed by atoms with van der Waals surface area (Å²) in [5, 5.41) is 0. The largest absolute Gasteiger partial charge is 0.416 e. The third-order valence-corrected chi connectivity index (χ3v) is 4.98. The summed E-state index contributed by atoms with van der Waals surface area (Å²) < 4.78 is 79.6. The van der Waals surface area contributed by atoms with E-state index < -0.39 is 29.5 Å². The number of likely N-dealkylation sites (N-methyl/N-ethyl adjacent to an activating group) is 1. The first kappa shape index (κ1) is 20.4. The van der Waals surface area contributed by atoms with Gasteiger partial charge in [-0.25, -0.2) is 4.99 Å². The lowest BCUT2D eigenvalue weighted by molar-refractivity contribution is -0.150.